The van der Waals surface area contributed by atoms with Gasteiger partial charge in [0.1, 0.15) is 17.7 Å². The van der Waals surface area contributed by atoms with Crippen molar-refractivity contribution in [3.8, 4) is 12.1 Å². The molecule has 1 rings (SSSR count). The molecule has 1 heterocycles. The quantitative estimate of drug-likeness (QED) is 0.589. The van der Waals surface area contributed by atoms with Crippen LogP contribution in [0.5, 0.6) is 0 Å². The van der Waals surface area contributed by atoms with Gasteiger partial charge < -0.3 is 4.90 Å². The van der Waals surface area contributed by atoms with Gasteiger partial charge in [0.05, 0.1) is 0 Å². The van der Waals surface area contributed by atoms with E-state index in [4.69, 9.17) is 10.5 Å². The highest BCUT2D eigenvalue weighted by Crippen LogP contribution is 2.20. The first-order valence-electron chi connectivity index (χ1n) is 4.62. The molecule has 0 N–H and O–H groups in total. The van der Waals surface area contributed by atoms with Crippen LogP contribution in [-0.2, 0) is 0 Å². The Hall–Kier alpha value is -1.74. The summed E-state index contributed by atoms with van der Waals surface area (Å²) in [7, 11) is 2.03. The third-order valence-electron chi connectivity index (χ3n) is 2.42. The van der Waals surface area contributed by atoms with Gasteiger partial charge in [-0.1, -0.05) is 0 Å². The Morgan fingerprint density at radius 2 is 2.07 bits per heavy atom. The Morgan fingerprint density at radius 1 is 1.43 bits per heavy atom. The summed E-state index contributed by atoms with van der Waals surface area (Å²) >= 11 is 0. The maximum absolute atomic E-state index is 8.66. The fraction of sp³-hybridized carbons (Fsp3) is 0.455. The van der Waals surface area contributed by atoms with Crippen LogP contribution in [0, 0.1) is 22.7 Å². The molecule has 0 saturated carbocycles. The maximum atomic E-state index is 8.66. The summed E-state index contributed by atoms with van der Waals surface area (Å²) in [6, 6.07) is 3.79. The summed E-state index contributed by atoms with van der Waals surface area (Å²) in [6.45, 7) is 2.87. The van der Waals surface area contributed by atoms with Gasteiger partial charge in [0.15, 0.2) is 0 Å². The molecule has 1 aliphatic rings. The molecular weight excluding hydrogens is 174 g/mol. The molecule has 3 heteroatoms. The average Bonchev–Trinajstić information content (AvgIpc) is 2.54. The molecular formula is C11H13N3. The van der Waals surface area contributed by atoms with E-state index in [0.717, 1.165) is 25.0 Å². The molecule has 0 aromatic carbocycles. The number of nitrogens with zero attached hydrogens (tertiary/aromatic N) is 3. The summed E-state index contributed by atoms with van der Waals surface area (Å²) in [6.07, 6.45) is 4.14. The molecule has 0 bridgehead atoms. The second-order valence-corrected chi connectivity index (χ2v) is 3.44. The standard InChI is InChI=1S/C11H13N3/c1-9(10(7-12)8-13)6-11-4-3-5-14(11)2/h6H,3-5H2,1-2H3/b11-6+. The predicted molar refractivity (Wildman–Crippen MR) is 53.9 cm³/mol. The third-order valence-corrected chi connectivity index (χ3v) is 2.42. The van der Waals surface area contributed by atoms with E-state index in [2.05, 4.69) is 4.90 Å². The van der Waals surface area contributed by atoms with Crippen molar-refractivity contribution in [2.45, 2.75) is 19.8 Å². The Kier molecular flexibility index (Phi) is 3.31. The molecule has 1 aliphatic heterocycles. The van der Waals surface area contributed by atoms with Gasteiger partial charge in [-0.25, -0.2) is 0 Å². The number of rotatable bonds is 1. The molecule has 0 atom stereocenters. The SMILES string of the molecule is CC(/C=C1\CCCN1C)=C(C#N)C#N. The van der Waals surface area contributed by atoms with Crippen LogP contribution in [0.4, 0.5) is 0 Å². The fourth-order valence-corrected chi connectivity index (χ4v) is 1.54. The number of hydrogen-bond donors (Lipinski definition) is 0. The Morgan fingerprint density at radius 3 is 2.50 bits per heavy atom. The van der Waals surface area contributed by atoms with Crippen LogP contribution in [0.25, 0.3) is 0 Å². The van der Waals surface area contributed by atoms with Crippen molar-refractivity contribution in [1.29, 1.82) is 10.5 Å². The molecule has 0 amide bonds. The van der Waals surface area contributed by atoms with Crippen molar-refractivity contribution in [3.63, 3.8) is 0 Å². The monoisotopic (exact) mass is 187 g/mol. The Balaban J connectivity index is 2.93. The Labute approximate surface area is 84.5 Å². The molecule has 1 fully saturated rings. The average molecular weight is 187 g/mol. The van der Waals surface area contributed by atoms with Crippen LogP contribution in [0.15, 0.2) is 22.9 Å². The predicted octanol–water partition coefficient (Wildman–Crippen LogP) is 1.96. The smallest absolute Gasteiger partial charge is 0.132 e. The van der Waals surface area contributed by atoms with Crippen molar-refractivity contribution < 1.29 is 0 Å². The highest BCUT2D eigenvalue weighted by Gasteiger charge is 2.12. The first-order chi connectivity index (χ1) is 6.69. The summed E-state index contributed by atoms with van der Waals surface area (Å²) < 4.78 is 0. The number of likely N-dealkylation sites (tertiary alicyclic amines) is 1. The molecule has 3 nitrogen and oxygen atoms in total. The molecule has 0 radical (unpaired) electrons. The van der Waals surface area contributed by atoms with Gasteiger partial charge >= 0.3 is 0 Å². The van der Waals surface area contributed by atoms with E-state index >= 15 is 0 Å². The lowest BCUT2D eigenvalue weighted by Crippen LogP contribution is -2.10. The van der Waals surface area contributed by atoms with Gasteiger partial charge in [-0.3, -0.25) is 0 Å². The largest absolute Gasteiger partial charge is 0.378 e. The van der Waals surface area contributed by atoms with Crippen LogP contribution in [0.2, 0.25) is 0 Å². The molecule has 0 aromatic rings. The zero-order chi connectivity index (χ0) is 10.6. The minimum absolute atomic E-state index is 0.206. The lowest BCUT2D eigenvalue weighted by Gasteiger charge is -2.12. The topological polar surface area (TPSA) is 50.8 Å². The molecule has 0 aromatic heterocycles. The lowest BCUT2D eigenvalue weighted by molar-refractivity contribution is 0.481. The molecule has 14 heavy (non-hydrogen) atoms. The van der Waals surface area contributed by atoms with E-state index in [1.54, 1.807) is 6.92 Å². The second-order valence-electron chi connectivity index (χ2n) is 3.44. The highest BCUT2D eigenvalue weighted by molar-refractivity contribution is 5.44. The first kappa shape index (κ1) is 10.3. The molecule has 1 saturated heterocycles. The van der Waals surface area contributed by atoms with Crippen LogP contribution < -0.4 is 0 Å². The van der Waals surface area contributed by atoms with E-state index in [1.807, 2.05) is 25.3 Å². The molecule has 0 aliphatic carbocycles. The van der Waals surface area contributed by atoms with E-state index < -0.39 is 0 Å². The molecule has 0 spiro atoms. The molecule has 72 valence electrons. The summed E-state index contributed by atoms with van der Waals surface area (Å²) in [5.74, 6) is 0. The van der Waals surface area contributed by atoms with E-state index in [9.17, 15) is 0 Å². The van der Waals surface area contributed by atoms with Gasteiger partial charge in [0.25, 0.3) is 0 Å². The first-order valence-corrected chi connectivity index (χ1v) is 4.62. The van der Waals surface area contributed by atoms with Crippen molar-refractivity contribution in [2.75, 3.05) is 13.6 Å². The Bertz CT molecular complexity index is 347. The maximum Gasteiger partial charge on any atom is 0.132 e. The fourth-order valence-electron chi connectivity index (χ4n) is 1.54. The minimum atomic E-state index is 0.206. The van der Waals surface area contributed by atoms with Crippen LogP contribution in [-0.4, -0.2) is 18.5 Å². The van der Waals surface area contributed by atoms with Crippen molar-refractivity contribution >= 4 is 0 Å². The number of allylic oxidation sites excluding steroid dienone is 4. The normalized spacial score (nSPS) is 17.7. The van der Waals surface area contributed by atoms with Gasteiger partial charge in [-0.2, -0.15) is 10.5 Å². The van der Waals surface area contributed by atoms with E-state index in [1.165, 1.54) is 5.70 Å². The summed E-state index contributed by atoms with van der Waals surface area (Å²) in [5.41, 5.74) is 2.18. The van der Waals surface area contributed by atoms with Crippen LogP contribution in [0.1, 0.15) is 19.8 Å². The summed E-state index contributed by atoms with van der Waals surface area (Å²) in [5, 5.41) is 17.3. The highest BCUT2D eigenvalue weighted by atomic mass is 15.1. The van der Waals surface area contributed by atoms with Gasteiger partial charge in [0.2, 0.25) is 0 Å². The second kappa shape index (κ2) is 4.48. The van der Waals surface area contributed by atoms with E-state index in [0.29, 0.717) is 0 Å². The number of nitriles is 2. The number of hydrogen-bond acceptors (Lipinski definition) is 3. The zero-order valence-electron chi connectivity index (χ0n) is 8.54. The minimum Gasteiger partial charge on any atom is -0.378 e. The van der Waals surface area contributed by atoms with Gasteiger partial charge in [0, 0.05) is 19.3 Å². The zero-order valence-corrected chi connectivity index (χ0v) is 8.54. The summed E-state index contributed by atoms with van der Waals surface area (Å²) in [4.78, 5) is 2.16. The van der Waals surface area contributed by atoms with Crippen LogP contribution >= 0.6 is 0 Å². The lowest BCUT2D eigenvalue weighted by atomic mass is 10.1. The molecule has 0 unspecified atom stereocenters. The van der Waals surface area contributed by atoms with Gasteiger partial charge in [-0.05, 0) is 31.4 Å². The van der Waals surface area contributed by atoms with Crippen molar-refractivity contribution in [3.05, 3.63) is 22.9 Å². The van der Waals surface area contributed by atoms with Gasteiger partial charge in [-0.15, -0.1) is 0 Å². The van der Waals surface area contributed by atoms with E-state index in [-0.39, 0.29) is 5.57 Å². The van der Waals surface area contributed by atoms with Crippen molar-refractivity contribution in [1.82, 2.24) is 4.90 Å². The van der Waals surface area contributed by atoms with Crippen molar-refractivity contribution in [2.24, 2.45) is 0 Å². The third kappa shape index (κ3) is 2.14. The van der Waals surface area contributed by atoms with Crippen LogP contribution in [0.3, 0.4) is 0 Å².